The fourth-order valence-corrected chi connectivity index (χ4v) is 2.30. The van der Waals surface area contributed by atoms with Crippen molar-refractivity contribution in [1.82, 2.24) is 4.98 Å². The number of rotatable bonds is 2. The van der Waals surface area contributed by atoms with Gasteiger partial charge >= 0.3 is 0 Å². The lowest BCUT2D eigenvalue weighted by Crippen LogP contribution is -2.12. The van der Waals surface area contributed by atoms with Gasteiger partial charge in [-0.15, -0.1) is 0 Å². The molecule has 0 atom stereocenters. The summed E-state index contributed by atoms with van der Waals surface area (Å²) < 4.78 is 0. The highest BCUT2D eigenvalue weighted by Crippen LogP contribution is 2.31. The predicted octanol–water partition coefficient (Wildman–Crippen LogP) is 3.99. The van der Waals surface area contributed by atoms with E-state index in [1.165, 1.54) is 11.1 Å². The van der Waals surface area contributed by atoms with E-state index in [0.717, 1.165) is 5.69 Å². The second-order valence-corrected chi connectivity index (χ2v) is 4.89. The molecule has 4 heteroatoms. The molecular formula is C15H14ClN3. The van der Waals surface area contributed by atoms with Crippen molar-refractivity contribution in [3.8, 4) is 6.07 Å². The molecule has 0 aliphatic rings. The van der Waals surface area contributed by atoms with Gasteiger partial charge in [0.25, 0.3) is 0 Å². The smallest absolute Gasteiger partial charge is 0.152 e. The van der Waals surface area contributed by atoms with Crippen molar-refractivity contribution in [2.24, 2.45) is 0 Å². The lowest BCUT2D eigenvalue weighted by molar-refractivity contribution is 1.12. The van der Waals surface area contributed by atoms with Gasteiger partial charge in [0.15, 0.2) is 5.82 Å². The summed E-state index contributed by atoms with van der Waals surface area (Å²) in [6.07, 6.45) is 1.60. The van der Waals surface area contributed by atoms with E-state index in [1.807, 2.05) is 25.8 Å². The molecule has 0 radical (unpaired) electrons. The summed E-state index contributed by atoms with van der Waals surface area (Å²) in [4.78, 5) is 6.16. The fraction of sp³-hybridized carbons (Fsp3) is 0.200. The molecule has 0 N–H and O–H groups in total. The minimum atomic E-state index is 0.381. The molecule has 0 saturated carbocycles. The second kappa shape index (κ2) is 5.29. The van der Waals surface area contributed by atoms with Crippen LogP contribution in [0.25, 0.3) is 0 Å². The Morgan fingerprint density at radius 2 is 1.84 bits per heavy atom. The van der Waals surface area contributed by atoms with Gasteiger partial charge in [0.05, 0.1) is 5.56 Å². The standard InChI is InChI=1S/C15H14ClN3/c1-10-6-11(2)8-13(7-10)19(3)15-14(16)12(9-17)4-5-18-15/h4-8H,1-3H3. The van der Waals surface area contributed by atoms with Gasteiger partial charge in [-0.25, -0.2) is 4.98 Å². The SMILES string of the molecule is Cc1cc(C)cc(N(C)c2nccc(C#N)c2Cl)c1. The second-order valence-electron chi connectivity index (χ2n) is 4.51. The van der Waals surface area contributed by atoms with Crippen LogP contribution in [0.1, 0.15) is 16.7 Å². The third kappa shape index (κ3) is 2.69. The largest absolute Gasteiger partial charge is 0.328 e. The van der Waals surface area contributed by atoms with Crippen molar-refractivity contribution in [1.29, 1.82) is 5.26 Å². The maximum absolute atomic E-state index is 9.00. The molecule has 0 spiro atoms. The Balaban J connectivity index is 2.50. The Kier molecular flexibility index (Phi) is 3.73. The van der Waals surface area contributed by atoms with E-state index in [4.69, 9.17) is 16.9 Å². The molecule has 19 heavy (non-hydrogen) atoms. The van der Waals surface area contributed by atoms with E-state index in [9.17, 15) is 0 Å². The van der Waals surface area contributed by atoms with Crippen LogP contribution in [0.3, 0.4) is 0 Å². The quantitative estimate of drug-likeness (QED) is 0.829. The van der Waals surface area contributed by atoms with E-state index in [0.29, 0.717) is 16.4 Å². The van der Waals surface area contributed by atoms with Crippen molar-refractivity contribution in [2.75, 3.05) is 11.9 Å². The number of halogens is 1. The Bertz CT molecular complexity index is 639. The molecule has 2 rings (SSSR count). The molecule has 1 aromatic carbocycles. The summed E-state index contributed by atoms with van der Waals surface area (Å²) in [6, 6.07) is 9.91. The monoisotopic (exact) mass is 271 g/mol. The van der Waals surface area contributed by atoms with E-state index in [1.54, 1.807) is 12.3 Å². The van der Waals surface area contributed by atoms with Crippen LogP contribution in [0.4, 0.5) is 11.5 Å². The van der Waals surface area contributed by atoms with Gasteiger partial charge in [-0.1, -0.05) is 17.7 Å². The zero-order valence-electron chi connectivity index (χ0n) is 11.1. The minimum Gasteiger partial charge on any atom is -0.328 e. The fourth-order valence-electron chi connectivity index (χ4n) is 2.02. The first-order valence-electron chi connectivity index (χ1n) is 5.89. The summed E-state index contributed by atoms with van der Waals surface area (Å²) >= 11 is 6.21. The van der Waals surface area contributed by atoms with Gasteiger partial charge in [-0.2, -0.15) is 5.26 Å². The lowest BCUT2D eigenvalue weighted by atomic mass is 10.1. The van der Waals surface area contributed by atoms with Crippen molar-refractivity contribution < 1.29 is 0 Å². The summed E-state index contributed by atoms with van der Waals surface area (Å²) in [5, 5.41) is 9.38. The van der Waals surface area contributed by atoms with Crippen LogP contribution in [0, 0.1) is 25.2 Å². The number of hydrogen-bond acceptors (Lipinski definition) is 3. The first kappa shape index (κ1) is 13.4. The van der Waals surface area contributed by atoms with Crippen LogP contribution in [0.2, 0.25) is 5.02 Å². The maximum Gasteiger partial charge on any atom is 0.152 e. The number of hydrogen-bond donors (Lipinski definition) is 0. The Hall–Kier alpha value is -2.05. The van der Waals surface area contributed by atoms with Crippen molar-refractivity contribution in [3.05, 3.63) is 52.2 Å². The number of nitrogens with zero attached hydrogens (tertiary/aromatic N) is 3. The highest BCUT2D eigenvalue weighted by molar-refractivity contribution is 6.34. The average Bonchev–Trinajstić information content (AvgIpc) is 2.37. The highest BCUT2D eigenvalue weighted by Gasteiger charge is 2.13. The van der Waals surface area contributed by atoms with Gasteiger partial charge in [-0.3, -0.25) is 0 Å². The predicted molar refractivity (Wildman–Crippen MR) is 77.9 cm³/mol. The first-order valence-corrected chi connectivity index (χ1v) is 6.27. The number of benzene rings is 1. The van der Waals surface area contributed by atoms with Gasteiger partial charge in [0.2, 0.25) is 0 Å². The molecule has 3 nitrogen and oxygen atoms in total. The molecular weight excluding hydrogens is 258 g/mol. The van der Waals surface area contributed by atoms with Crippen LogP contribution < -0.4 is 4.90 Å². The Labute approximate surface area is 118 Å². The van der Waals surface area contributed by atoms with Crippen LogP contribution in [-0.2, 0) is 0 Å². The molecule has 2 aromatic rings. The van der Waals surface area contributed by atoms with E-state index in [2.05, 4.69) is 29.3 Å². The van der Waals surface area contributed by atoms with Crippen LogP contribution in [0.15, 0.2) is 30.5 Å². The number of aryl methyl sites for hydroxylation is 2. The molecule has 0 fully saturated rings. The molecule has 0 unspecified atom stereocenters. The topological polar surface area (TPSA) is 39.9 Å². The Morgan fingerprint density at radius 1 is 1.21 bits per heavy atom. The number of anilines is 2. The zero-order valence-corrected chi connectivity index (χ0v) is 11.9. The summed E-state index contributed by atoms with van der Waals surface area (Å²) in [5.74, 6) is 0.589. The average molecular weight is 272 g/mol. The molecule has 0 bridgehead atoms. The van der Waals surface area contributed by atoms with Crippen molar-refractivity contribution >= 4 is 23.1 Å². The number of pyridine rings is 1. The molecule has 0 amide bonds. The third-order valence-electron chi connectivity index (χ3n) is 2.90. The summed E-state index contributed by atoms with van der Waals surface area (Å²) in [6.45, 7) is 4.09. The zero-order chi connectivity index (χ0) is 14.0. The minimum absolute atomic E-state index is 0.381. The van der Waals surface area contributed by atoms with Gasteiger partial charge in [0.1, 0.15) is 11.1 Å². The van der Waals surface area contributed by atoms with Crippen LogP contribution >= 0.6 is 11.6 Å². The third-order valence-corrected chi connectivity index (χ3v) is 3.28. The van der Waals surface area contributed by atoms with Crippen LogP contribution in [-0.4, -0.2) is 12.0 Å². The summed E-state index contributed by atoms with van der Waals surface area (Å²) in [7, 11) is 1.89. The molecule has 0 aliphatic carbocycles. The number of nitriles is 1. The van der Waals surface area contributed by atoms with E-state index in [-0.39, 0.29) is 0 Å². The normalized spacial score (nSPS) is 10.1. The molecule has 1 heterocycles. The molecule has 0 saturated heterocycles. The number of aromatic nitrogens is 1. The highest BCUT2D eigenvalue weighted by atomic mass is 35.5. The summed E-state index contributed by atoms with van der Waals surface area (Å²) in [5.41, 5.74) is 3.79. The van der Waals surface area contributed by atoms with Gasteiger partial charge in [0, 0.05) is 18.9 Å². The Morgan fingerprint density at radius 3 is 2.42 bits per heavy atom. The van der Waals surface area contributed by atoms with E-state index < -0.39 is 0 Å². The maximum atomic E-state index is 9.00. The molecule has 0 aliphatic heterocycles. The van der Waals surface area contributed by atoms with Gasteiger partial charge < -0.3 is 4.90 Å². The van der Waals surface area contributed by atoms with Crippen molar-refractivity contribution in [2.45, 2.75) is 13.8 Å². The lowest BCUT2D eigenvalue weighted by Gasteiger charge is -2.20. The van der Waals surface area contributed by atoms with Gasteiger partial charge in [-0.05, 0) is 43.2 Å². The van der Waals surface area contributed by atoms with E-state index >= 15 is 0 Å². The van der Waals surface area contributed by atoms with Crippen LogP contribution in [0.5, 0.6) is 0 Å². The first-order chi connectivity index (χ1) is 9.02. The molecule has 96 valence electrons. The molecule has 1 aromatic heterocycles. The van der Waals surface area contributed by atoms with Crippen molar-refractivity contribution in [3.63, 3.8) is 0 Å².